The van der Waals surface area contributed by atoms with E-state index in [0.717, 1.165) is 6.07 Å². The first-order valence-corrected chi connectivity index (χ1v) is 8.58. The van der Waals surface area contributed by atoms with Gasteiger partial charge in [-0.2, -0.15) is 0 Å². The molecule has 0 atom stereocenters. The Hall–Kier alpha value is -3.72. The summed E-state index contributed by atoms with van der Waals surface area (Å²) in [6.07, 6.45) is 0. The first-order valence-electron chi connectivity index (χ1n) is 8.20. The lowest BCUT2D eigenvalue weighted by Crippen LogP contribution is -2.09. The van der Waals surface area contributed by atoms with Crippen LogP contribution < -0.4 is 10.9 Å². The minimum atomic E-state index is -0.818. The van der Waals surface area contributed by atoms with Crippen LogP contribution in [0, 0.1) is 10.1 Å². The Morgan fingerprint density at radius 2 is 1.97 bits per heavy atom. The number of benzene rings is 2. The number of amides is 1. The molecule has 0 fully saturated rings. The number of esters is 1. The molecular formula is C19H13ClN2O7. The molecule has 1 heterocycles. The number of nitro benzene ring substituents is 1. The Balaban J connectivity index is 1.86. The number of carbonyl (C=O) groups excluding carboxylic acids is 2. The highest BCUT2D eigenvalue weighted by molar-refractivity contribution is 6.32. The molecule has 3 aromatic rings. The molecule has 0 saturated carbocycles. The van der Waals surface area contributed by atoms with Crippen LogP contribution in [-0.2, 0) is 16.1 Å². The molecule has 9 nitrogen and oxygen atoms in total. The molecule has 29 heavy (non-hydrogen) atoms. The van der Waals surface area contributed by atoms with Crippen molar-refractivity contribution in [3.05, 3.63) is 79.1 Å². The van der Waals surface area contributed by atoms with E-state index in [-0.39, 0.29) is 28.7 Å². The first kappa shape index (κ1) is 20.0. The van der Waals surface area contributed by atoms with Gasteiger partial charge in [0.25, 0.3) is 5.69 Å². The summed E-state index contributed by atoms with van der Waals surface area (Å²) in [6.45, 7) is 1.08. The van der Waals surface area contributed by atoms with Gasteiger partial charge in [-0.05, 0) is 24.3 Å². The number of ether oxygens (including phenoxy) is 1. The standard InChI is InChI=1S/C19H13ClN2O7/c1-10(23)21-13-3-4-14-12(7-18(24)29-17(14)8-13)9-28-19(25)11-2-5-15(20)16(6-11)22(26)27/h2-8H,9H2,1H3,(H,21,23). The lowest BCUT2D eigenvalue weighted by atomic mass is 10.1. The molecule has 1 N–H and O–H groups in total. The molecule has 0 aliphatic heterocycles. The molecule has 0 aliphatic rings. The molecule has 0 aliphatic carbocycles. The highest BCUT2D eigenvalue weighted by Gasteiger charge is 2.18. The number of nitro groups is 1. The number of nitrogens with zero attached hydrogens (tertiary/aromatic N) is 1. The second-order valence-electron chi connectivity index (χ2n) is 5.98. The summed E-state index contributed by atoms with van der Waals surface area (Å²) in [5.74, 6) is -1.10. The molecule has 0 radical (unpaired) electrons. The van der Waals surface area contributed by atoms with E-state index in [2.05, 4.69) is 5.32 Å². The Labute approximate surface area is 168 Å². The third-order valence-electron chi connectivity index (χ3n) is 3.89. The van der Waals surface area contributed by atoms with Crippen molar-refractivity contribution in [2.75, 3.05) is 5.32 Å². The summed E-state index contributed by atoms with van der Waals surface area (Å²) in [7, 11) is 0. The Bertz CT molecular complexity index is 1200. The second kappa shape index (κ2) is 8.11. The van der Waals surface area contributed by atoms with Crippen LogP contribution in [-0.4, -0.2) is 16.8 Å². The van der Waals surface area contributed by atoms with Crippen LogP contribution in [0.3, 0.4) is 0 Å². The normalized spacial score (nSPS) is 10.6. The zero-order chi connectivity index (χ0) is 21.1. The number of hydrogen-bond acceptors (Lipinski definition) is 7. The van der Waals surface area contributed by atoms with E-state index >= 15 is 0 Å². The molecule has 0 saturated heterocycles. The van der Waals surface area contributed by atoms with Crippen LogP contribution in [0.15, 0.2) is 51.7 Å². The number of anilines is 1. The predicted molar refractivity (Wildman–Crippen MR) is 104 cm³/mol. The fourth-order valence-corrected chi connectivity index (χ4v) is 2.82. The average Bonchev–Trinajstić information content (AvgIpc) is 2.65. The van der Waals surface area contributed by atoms with Gasteiger partial charge in [0.05, 0.1) is 10.5 Å². The van der Waals surface area contributed by atoms with Crippen LogP contribution in [0.2, 0.25) is 5.02 Å². The molecule has 0 unspecified atom stereocenters. The average molecular weight is 417 g/mol. The number of fused-ring (bicyclic) bond motifs is 1. The van der Waals surface area contributed by atoms with Gasteiger partial charge >= 0.3 is 11.6 Å². The molecular weight excluding hydrogens is 404 g/mol. The van der Waals surface area contributed by atoms with E-state index in [1.807, 2.05) is 0 Å². The Morgan fingerprint density at radius 1 is 1.21 bits per heavy atom. The SMILES string of the molecule is CC(=O)Nc1ccc2c(COC(=O)c3ccc(Cl)c([N+](=O)[O-])c3)cc(=O)oc2c1. The van der Waals surface area contributed by atoms with Gasteiger partial charge in [0.2, 0.25) is 5.91 Å². The number of carbonyl (C=O) groups is 2. The maximum atomic E-state index is 12.3. The van der Waals surface area contributed by atoms with Gasteiger partial charge in [-0.15, -0.1) is 0 Å². The number of rotatable bonds is 5. The van der Waals surface area contributed by atoms with Crippen LogP contribution >= 0.6 is 11.6 Å². The van der Waals surface area contributed by atoms with Crippen molar-refractivity contribution in [2.24, 2.45) is 0 Å². The Morgan fingerprint density at radius 3 is 2.66 bits per heavy atom. The van der Waals surface area contributed by atoms with E-state index in [0.29, 0.717) is 16.6 Å². The summed E-state index contributed by atoms with van der Waals surface area (Å²) in [4.78, 5) is 45.5. The summed E-state index contributed by atoms with van der Waals surface area (Å²) in [6, 6.07) is 9.42. The Kier molecular flexibility index (Phi) is 5.60. The molecule has 148 valence electrons. The van der Waals surface area contributed by atoms with Crippen molar-refractivity contribution in [2.45, 2.75) is 13.5 Å². The van der Waals surface area contributed by atoms with Gasteiger partial charge in [0.1, 0.15) is 17.2 Å². The molecule has 3 rings (SSSR count). The maximum absolute atomic E-state index is 12.3. The first-order chi connectivity index (χ1) is 13.7. The molecule has 1 amide bonds. The minimum Gasteiger partial charge on any atom is -0.457 e. The van der Waals surface area contributed by atoms with Crippen molar-refractivity contribution < 1.29 is 23.7 Å². The predicted octanol–water partition coefficient (Wildman–Crippen LogP) is 3.67. The fourth-order valence-electron chi connectivity index (χ4n) is 2.64. The van der Waals surface area contributed by atoms with Crippen molar-refractivity contribution in [3.63, 3.8) is 0 Å². The lowest BCUT2D eigenvalue weighted by molar-refractivity contribution is -0.384. The zero-order valence-corrected chi connectivity index (χ0v) is 15.7. The molecule has 2 aromatic carbocycles. The van der Waals surface area contributed by atoms with Crippen LogP contribution in [0.25, 0.3) is 11.0 Å². The maximum Gasteiger partial charge on any atom is 0.338 e. The molecule has 1 aromatic heterocycles. The second-order valence-corrected chi connectivity index (χ2v) is 6.39. The minimum absolute atomic E-state index is 0.0543. The van der Waals surface area contributed by atoms with Gasteiger partial charge in [-0.3, -0.25) is 14.9 Å². The third-order valence-corrected chi connectivity index (χ3v) is 4.21. The molecule has 10 heteroatoms. The third kappa shape index (κ3) is 4.58. The highest BCUT2D eigenvalue weighted by atomic mass is 35.5. The van der Waals surface area contributed by atoms with Crippen molar-refractivity contribution in [1.82, 2.24) is 0 Å². The van der Waals surface area contributed by atoms with Gasteiger partial charge < -0.3 is 14.5 Å². The quantitative estimate of drug-likeness (QED) is 0.290. The van der Waals surface area contributed by atoms with Gasteiger partial charge in [-0.1, -0.05) is 11.6 Å². The highest BCUT2D eigenvalue weighted by Crippen LogP contribution is 2.26. The van der Waals surface area contributed by atoms with Crippen LogP contribution in [0.4, 0.5) is 11.4 Å². The van der Waals surface area contributed by atoms with E-state index in [1.54, 1.807) is 12.1 Å². The van der Waals surface area contributed by atoms with Crippen molar-refractivity contribution >= 4 is 45.8 Å². The molecule has 0 bridgehead atoms. The lowest BCUT2D eigenvalue weighted by Gasteiger charge is -2.09. The zero-order valence-electron chi connectivity index (χ0n) is 14.9. The van der Waals surface area contributed by atoms with Crippen LogP contribution in [0.1, 0.15) is 22.8 Å². The van der Waals surface area contributed by atoms with Crippen molar-refractivity contribution in [3.8, 4) is 0 Å². The monoisotopic (exact) mass is 416 g/mol. The fraction of sp³-hybridized carbons (Fsp3) is 0.105. The van der Waals surface area contributed by atoms with Gasteiger partial charge in [-0.25, -0.2) is 9.59 Å². The molecule has 0 spiro atoms. The topological polar surface area (TPSA) is 129 Å². The van der Waals surface area contributed by atoms with Crippen molar-refractivity contribution in [1.29, 1.82) is 0 Å². The van der Waals surface area contributed by atoms with Gasteiger partial charge in [0, 0.05) is 41.8 Å². The van der Waals surface area contributed by atoms with E-state index in [4.69, 9.17) is 20.8 Å². The summed E-state index contributed by atoms with van der Waals surface area (Å²) >= 11 is 5.73. The van der Waals surface area contributed by atoms with E-state index < -0.39 is 22.2 Å². The summed E-state index contributed by atoms with van der Waals surface area (Å²) in [5.41, 5.74) is -0.112. The summed E-state index contributed by atoms with van der Waals surface area (Å²) in [5, 5.41) is 13.9. The van der Waals surface area contributed by atoms with E-state index in [9.17, 15) is 24.5 Å². The number of nitrogens with one attached hydrogen (secondary N) is 1. The van der Waals surface area contributed by atoms with Gasteiger partial charge in [0.15, 0.2) is 0 Å². The summed E-state index contributed by atoms with van der Waals surface area (Å²) < 4.78 is 10.3. The number of halogens is 1. The van der Waals surface area contributed by atoms with E-state index in [1.165, 1.54) is 31.2 Å². The van der Waals surface area contributed by atoms with Crippen LogP contribution in [0.5, 0.6) is 0 Å². The smallest absolute Gasteiger partial charge is 0.338 e. The largest absolute Gasteiger partial charge is 0.457 e. The number of hydrogen-bond donors (Lipinski definition) is 1.